The molecule has 0 bridgehead atoms. The van der Waals surface area contributed by atoms with Crippen molar-refractivity contribution in [2.45, 2.75) is 43.6 Å². The van der Waals surface area contributed by atoms with Crippen LogP contribution >= 0.6 is 11.6 Å². The third-order valence-electron chi connectivity index (χ3n) is 7.23. The molecule has 3 heterocycles. The second kappa shape index (κ2) is 8.85. The lowest BCUT2D eigenvalue weighted by Crippen LogP contribution is -2.62. The predicted molar refractivity (Wildman–Crippen MR) is 121 cm³/mol. The van der Waals surface area contributed by atoms with Gasteiger partial charge in [-0.2, -0.15) is 0 Å². The molecule has 180 valence electrons. The number of hydrogen-bond donors (Lipinski definition) is 2. The Hall–Kier alpha value is -2.65. The van der Waals surface area contributed by atoms with Crippen LogP contribution in [0.2, 0.25) is 5.02 Å². The van der Waals surface area contributed by atoms with Crippen molar-refractivity contribution in [2.24, 2.45) is 5.92 Å². The summed E-state index contributed by atoms with van der Waals surface area (Å²) in [7, 11) is 0. The standard InChI is InChI=1S/C24H24ClF3N4O2/c25-14-8-16(20(21(27)28)30-9-14)22(33)31-15-6-4-13(5-7-15)10-32-18-3-1-2-17(26)19(18)24(23(32)34)11-29-12-24/h1-3,8-9,13,15,21,29H,4-7,10-12H2,(H,31,33). The van der Waals surface area contributed by atoms with Gasteiger partial charge in [-0.3, -0.25) is 14.6 Å². The predicted octanol–water partition coefficient (Wildman–Crippen LogP) is 3.99. The molecule has 3 aliphatic rings. The summed E-state index contributed by atoms with van der Waals surface area (Å²) in [5, 5.41) is 6.05. The van der Waals surface area contributed by atoms with Crippen molar-refractivity contribution >= 4 is 29.1 Å². The first-order chi connectivity index (χ1) is 16.3. The molecule has 1 spiro atoms. The van der Waals surface area contributed by atoms with E-state index in [2.05, 4.69) is 15.6 Å². The summed E-state index contributed by atoms with van der Waals surface area (Å²) in [4.78, 5) is 31.2. The Balaban J connectivity index is 1.23. The zero-order chi connectivity index (χ0) is 24.0. The summed E-state index contributed by atoms with van der Waals surface area (Å²) in [5.41, 5.74) is -0.474. The Bertz CT molecular complexity index is 1130. The van der Waals surface area contributed by atoms with E-state index in [1.807, 2.05) is 0 Å². The van der Waals surface area contributed by atoms with Crippen molar-refractivity contribution in [2.75, 3.05) is 24.5 Å². The van der Waals surface area contributed by atoms with E-state index < -0.39 is 23.4 Å². The highest BCUT2D eigenvalue weighted by Crippen LogP contribution is 2.46. The first-order valence-electron chi connectivity index (χ1n) is 11.4. The van der Waals surface area contributed by atoms with Crippen LogP contribution in [0.3, 0.4) is 0 Å². The third kappa shape index (κ3) is 3.84. The fourth-order valence-electron chi connectivity index (χ4n) is 5.39. The van der Waals surface area contributed by atoms with E-state index in [0.29, 0.717) is 43.7 Å². The van der Waals surface area contributed by atoms with E-state index in [1.165, 1.54) is 12.1 Å². The zero-order valence-electron chi connectivity index (χ0n) is 18.3. The molecule has 1 aromatic heterocycles. The van der Waals surface area contributed by atoms with E-state index in [9.17, 15) is 22.8 Å². The summed E-state index contributed by atoms with van der Waals surface area (Å²) >= 11 is 5.85. The van der Waals surface area contributed by atoms with E-state index in [1.54, 1.807) is 17.0 Å². The number of benzene rings is 1. The highest BCUT2D eigenvalue weighted by atomic mass is 35.5. The Morgan fingerprint density at radius 3 is 2.65 bits per heavy atom. The Morgan fingerprint density at radius 2 is 2.00 bits per heavy atom. The van der Waals surface area contributed by atoms with Crippen molar-refractivity contribution < 1.29 is 22.8 Å². The van der Waals surface area contributed by atoms with Crippen LogP contribution < -0.4 is 15.5 Å². The maximum absolute atomic E-state index is 14.6. The van der Waals surface area contributed by atoms with Gasteiger partial charge in [-0.15, -0.1) is 0 Å². The van der Waals surface area contributed by atoms with Crippen molar-refractivity contribution in [3.05, 3.63) is 58.1 Å². The average Bonchev–Trinajstić information content (AvgIpc) is 3.04. The molecule has 1 saturated heterocycles. The van der Waals surface area contributed by atoms with Gasteiger partial charge in [0, 0.05) is 37.4 Å². The van der Waals surface area contributed by atoms with Gasteiger partial charge >= 0.3 is 0 Å². The number of hydrogen-bond acceptors (Lipinski definition) is 4. The SMILES string of the molecule is O=C(NC1CCC(CN2C(=O)C3(CNC3)c3c(F)cccc32)CC1)c1cc(Cl)cnc1C(F)F. The molecule has 2 fully saturated rings. The molecule has 5 rings (SSSR count). The minimum Gasteiger partial charge on any atom is -0.349 e. The van der Waals surface area contributed by atoms with Crippen molar-refractivity contribution in [1.29, 1.82) is 0 Å². The molecule has 2 aliphatic heterocycles. The molecule has 1 aliphatic carbocycles. The van der Waals surface area contributed by atoms with Crippen molar-refractivity contribution in [3.8, 4) is 0 Å². The van der Waals surface area contributed by atoms with Crippen molar-refractivity contribution in [3.63, 3.8) is 0 Å². The number of fused-ring (bicyclic) bond motifs is 2. The Labute approximate surface area is 199 Å². The van der Waals surface area contributed by atoms with E-state index in [-0.39, 0.29) is 34.3 Å². The minimum atomic E-state index is -2.88. The summed E-state index contributed by atoms with van der Waals surface area (Å²) in [6.07, 6.45) is 1.02. The first kappa shape index (κ1) is 23.1. The van der Waals surface area contributed by atoms with E-state index in [0.717, 1.165) is 19.0 Å². The summed E-state index contributed by atoms with van der Waals surface area (Å²) < 4.78 is 41.1. The molecule has 0 unspecified atom stereocenters. The highest BCUT2D eigenvalue weighted by molar-refractivity contribution is 6.30. The van der Waals surface area contributed by atoms with Crippen LogP contribution in [0.5, 0.6) is 0 Å². The van der Waals surface area contributed by atoms with Gasteiger partial charge in [0.25, 0.3) is 12.3 Å². The second-order valence-electron chi connectivity index (χ2n) is 9.31. The molecule has 0 radical (unpaired) electrons. The lowest BCUT2D eigenvalue weighted by atomic mass is 9.76. The number of carbonyl (C=O) groups excluding carboxylic acids is 2. The number of pyridine rings is 1. The van der Waals surface area contributed by atoms with Crippen molar-refractivity contribution in [1.82, 2.24) is 15.6 Å². The topological polar surface area (TPSA) is 74.3 Å². The molecule has 6 nitrogen and oxygen atoms in total. The van der Waals surface area contributed by atoms with Crippen LogP contribution in [-0.2, 0) is 10.2 Å². The highest BCUT2D eigenvalue weighted by Gasteiger charge is 2.56. The summed E-state index contributed by atoms with van der Waals surface area (Å²) in [6, 6.07) is 5.87. The smallest absolute Gasteiger partial charge is 0.281 e. The molecular weight excluding hydrogens is 469 g/mol. The molecule has 2 amide bonds. The zero-order valence-corrected chi connectivity index (χ0v) is 19.0. The molecule has 10 heteroatoms. The summed E-state index contributed by atoms with van der Waals surface area (Å²) in [6.45, 7) is 1.37. The quantitative estimate of drug-likeness (QED) is 0.662. The number of carbonyl (C=O) groups is 2. The number of anilines is 1. The van der Waals surface area contributed by atoms with Gasteiger partial charge in [-0.25, -0.2) is 13.2 Å². The fourth-order valence-corrected chi connectivity index (χ4v) is 5.54. The Morgan fingerprint density at radius 1 is 1.26 bits per heavy atom. The normalized spacial score (nSPS) is 23.2. The van der Waals surface area contributed by atoms with Gasteiger partial charge in [0.05, 0.1) is 16.3 Å². The van der Waals surface area contributed by atoms with Crippen LogP contribution in [0.4, 0.5) is 18.9 Å². The summed E-state index contributed by atoms with van der Waals surface area (Å²) in [5.74, 6) is -0.831. The van der Waals surface area contributed by atoms with Gasteiger partial charge in [0.2, 0.25) is 5.91 Å². The van der Waals surface area contributed by atoms with E-state index >= 15 is 0 Å². The molecule has 34 heavy (non-hydrogen) atoms. The van der Waals surface area contributed by atoms with Crippen LogP contribution in [0.25, 0.3) is 0 Å². The number of amides is 2. The third-order valence-corrected chi connectivity index (χ3v) is 7.43. The number of nitrogens with one attached hydrogen (secondary N) is 2. The maximum Gasteiger partial charge on any atom is 0.281 e. The van der Waals surface area contributed by atoms with Gasteiger partial charge < -0.3 is 15.5 Å². The number of rotatable bonds is 5. The molecule has 1 aromatic carbocycles. The van der Waals surface area contributed by atoms with Gasteiger partial charge in [0.15, 0.2) is 0 Å². The van der Waals surface area contributed by atoms with Gasteiger partial charge in [0.1, 0.15) is 16.9 Å². The maximum atomic E-state index is 14.6. The van der Waals surface area contributed by atoms with Crippen LogP contribution in [-0.4, -0.2) is 42.5 Å². The monoisotopic (exact) mass is 492 g/mol. The Kier molecular flexibility index (Phi) is 6.02. The number of aromatic nitrogens is 1. The molecule has 0 atom stereocenters. The van der Waals surface area contributed by atoms with Gasteiger partial charge in [-0.05, 0) is 49.8 Å². The van der Waals surface area contributed by atoms with E-state index in [4.69, 9.17) is 11.6 Å². The fraction of sp³-hybridized carbons (Fsp3) is 0.458. The minimum absolute atomic E-state index is 0.0604. The lowest BCUT2D eigenvalue weighted by molar-refractivity contribution is -0.125. The molecule has 1 saturated carbocycles. The first-order valence-corrected chi connectivity index (χ1v) is 11.7. The second-order valence-corrected chi connectivity index (χ2v) is 9.75. The molecule has 2 N–H and O–H groups in total. The van der Waals surface area contributed by atoms with Crippen LogP contribution in [0.15, 0.2) is 30.5 Å². The largest absolute Gasteiger partial charge is 0.349 e. The number of halogens is 4. The molecule has 2 aromatic rings. The number of alkyl halides is 2. The van der Waals surface area contributed by atoms with Crippen LogP contribution in [0, 0.1) is 11.7 Å². The number of nitrogens with zero attached hydrogens (tertiary/aromatic N) is 2. The van der Waals surface area contributed by atoms with Gasteiger partial charge in [-0.1, -0.05) is 17.7 Å². The average molecular weight is 493 g/mol. The molecular formula is C24H24ClF3N4O2. The van der Waals surface area contributed by atoms with Crippen LogP contribution in [0.1, 0.15) is 53.7 Å². The lowest BCUT2D eigenvalue weighted by Gasteiger charge is -2.38.